The minimum absolute atomic E-state index is 0.315. The van der Waals surface area contributed by atoms with Crippen molar-refractivity contribution >= 4 is 5.78 Å². The molecule has 1 fully saturated rings. The van der Waals surface area contributed by atoms with Gasteiger partial charge in [0, 0.05) is 5.92 Å². The predicted molar refractivity (Wildman–Crippen MR) is 62.5 cm³/mol. The number of hydrogen-bond donors (Lipinski definition) is 0. The van der Waals surface area contributed by atoms with E-state index in [-0.39, 0.29) is 0 Å². The van der Waals surface area contributed by atoms with Crippen LogP contribution in [0.4, 0.5) is 0 Å². The van der Waals surface area contributed by atoms with Gasteiger partial charge in [-0.25, -0.2) is 0 Å². The van der Waals surface area contributed by atoms with Gasteiger partial charge >= 0.3 is 0 Å². The van der Waals surface area contributed by atoms with Gasteiger partial charge in [0.15, 0.2) is 5.78 Å². The van der Waals surface area contributed by atoms with Gasteiger partial charge in [0.1, 0.15) is 0 Å². The fourth-order valence-corrected chi connectivity index (χ4v) is 2.94. The second-order valence-electron chi connectivity index (χ2n) is 5.64. The Labute approximate surface area is 92.3 Å². The Morgan fingerprint density at radius 1 is 1.60 bits per heavy atom. The van der Waals surface area contributed by atoms with Crippen molar-refractivity contribution in [1.29, 1.82) is 0 Å². The molecule has 2 aliphatic rings. The molecule has 2 bridgehead atoms. The molecule has 82 valence electrons. The number of fused-ring (bicyclic) bond motifs is 2. The van der Waals surface area contributed by atoms with Gasteiger partial charge in [-0.1, -0.05) is 24.6 Å². The van der Waals surface area contributed by atoms with Crippen molar-refractivity contribution in [3.8, 4) is 0 Å². The van der Waals surface area contributed by atoms with Crippen molar-refractivity contribution in [2.45, 2.75) is 40.0 Å². The summed E-state index contributed by atoms with van der Waals surface area (Å²) >= 11 is 0. The third kappa shape index (κ3) is 1.92. The minimum atomic E-state index is 0.315. The first-order valence-corrected chi connectivity index (χ1v) is 5.87. The number of allylic oxidation sites excluding steroid dienone is 4. The maximum atomic E-state index is 11.6. The van der Waals surface area contributed by atoms with Crippen LogP contribution in [-0.4, -0.2) is 5.78 Å². The first-order chi connectivity index (χ1) is 7.01. The lowest BCUT2D eigenvalue weighted by Crippen LogP contribution is -2.19. The van der Waals surface area contributed by atoms with Crippen molar-refractivity contribution < 1.29 is 4.79 Å². The number of ketones is 1. The first-order valence-electron chi connectivity index (χ1n) is 5.87. The number of carbonyl (C=O) groups is 1. The van der Waals surface area contributed by atoms with E-state index in [1.807, 2.05) is 6.08 Å². The van der Waals surface area contributed by atoms with E-state index in [0.717, 1.165) is 19.3 Å². The third-order valence-electron chi connectivity index (χ3n) is 4.02. The van der Waals surface area contributed by atoms with Crippen LogP contribution < -0.4 is 0 Å². The molecule has 3 atom stereocenters. The van der Waals surface area contributed by atoms with E-state index in [1.165, 1.54) is 5.57 Å². The summed E-state index contributed by atoms with van der Waals surface area (Å²) in [6, 6.07) is 0. The molecule has 1 saturated carbocycles. The zero-order chi connectivity index (χ0) is 11.1. The SMILES string of the molecule is CC(C)=CCC1(C)CC2CC1C=CC2=O. The topological polar surface area (TPSA) is 17.1 Å². The highest BCUT2D eigenvalue weighted by Gasteiger charge is 2.45. The largest absolute Gasteiger partial charge is 0.295 e. The number of hydrogen-bond acceptors (Lipinski definition) is 1. The average molecular weight is 204 g/mol. The van der Waals surface area contributed by atoms with Gasteiger partial charge in [-0.2, -0.15) is 0 Å². The van der Waals surface area contributed by atoms with Gasteiger partial charge in [-0.3, -0.25) is 4.79 Å². The summed E-state index contributed by atoms with van der Waals surface area (Å²) in [5, 5.41) is 0. The lowest BCUT2D eigenvalue weighted by Gasteiger charge is -2.28. The van der Waals surface area contributed by atoms with Crippen LogP contribution in [0.25, 0.3) is 0 Å². The van der Waals surface area contributed by atoms with E-state index in [0.29, 0.717) is 23.0 Å². The number of carbonyl (C=O) groups excluding carboxylic acids is 1. The van der Waals surface area contributed by atoms with Gasteiger partial charge in [0.05, 0.1) is 0 Å². The van der Waals surface area contributed by atoms with E-state index in [1.54, 1.807) is 0 Å². The quantitative estimate of drug-likeness (QED) is 0.629. The average Bonchev–Trinajstić information content (AvgIpc) is 2.45. The fourth-order valence-electron chi connectivity index (χ4n) is 2.94. The molecule has 0 aromatic carbocycles. The molecular weight excluding hydrogens is 184 g/mol. The highest BCUT2D eigenvalue weighted by Crippen LogP contribution is 2.52. The summed E-state index contributed by atoms with van der Waals surface area (Å²) in [5.74, 6) is 1.29. The van der Waals surface area contributed by atoms with Crippen LogP contribution in [-0.2, 0) is 4.79 Å². The summed E-state index contributed by atoms with van der Waals surface area (Å²) in [5.41, 5.74) is 1.71. The highest BCUT2D eigenvalue weighted by molar-refractivity contribution is 5.93. The summed E-state index contributed by atoms with van der Waals surface area (Å²) < 4.78 is 0. The summed E-state index contributed by atoms with van der Waals surface area (Å²) in [4.78, 5) is 11.6. The van der Waals surface area contributed by atoms with E-state index in [2.05, 4.69) is 32.9 Å². The fraction of sp³-hybridized carbons (Fsp3) is 0.643. The molecule has 0 heterocycles. The minimum Gasteiger partial charge on any atom is -0.295 e. The molecule has 15 heavy (non-hydrogen) atoms. The maximum absolute atomic E-state index is 11.6. The summed E-state index contributed by atoms with van der Waals surface area (Å²) in [6.45, 7) is 6.62. The summed E-state index contributed by atoms with van der Waals surface area (Å²) in [6.07, 6.45) is 9.56. The van der Waals surface area contributed by atoms with E-state index >= 15 is 0 Å². The van der Waals surface area contributed by atoms with Crippen molar-refractivity contribution in [3.05, 3.63) is 23.8 Å². The molecule has 2 aliphatic carbocycles. The van der Waals surface area contributed by atoms with E-state index < -0.39 is 0 Å². The molecule has 1 heteroatoms. The van der Waals surface area contributed by atoms with E-state index in [9.17, 15) is 4.79 Å². The molecule has 0 saturated heterocycles. The molecule has 0 radical (unpaired) electrons. The Morgan fingerprint density at radius 3 is 2.93 bits per heavy atom. The Hall–Kier alpha value is -0.850. The second kappa shape index (κ2) is 3.62. The predicted octanol–water partition coefficient (Wildman–Crippen LogP) is 3.51. The van der Waals surface area contributed by atoms with Gasteiger partial charge < -0.3 is 0 Å². The second-order valence-corrected chi connectivity index (χ2v) is 5.64. The standard InChI is InChI=1S/C14H20O/c1-10(2)6-7-14(3)9-11-8-12(14)4-5-13(11)15/h4-6,11-12H,7-9H2,1-3H3. The molecule has 0 aromatic heterocycles. The van der Waals surface area contributed by atoms with Crippen LogP contribution in [0, 0.1) is 17.3 Å². The smallest absolute Gasteiger partial charge is 0.158 e. The van der Waals surface area contributed by atoms with Crippen LogP contribution >= 0.6 is 0 Å². The summed E-state index contributed by atoms with van der Waals surface area (Å²) in [7, 11) is 0. The van der Waals surface area contributed by atoms with Gasteiger partial charge in [-0.15, -0.1) is 0 Å². The molecule has 1 nitrogen and oxygen atoms in total. The van der Waals surface area contributed by atoms with E-state index in [4.69, 9.17) is 0 Å². The highest BCUT2D eigenvalue weighted by atomic mass is 16.1. The van der Waals surface area contributed by atoms with Crippen LogP contribution in [0.3, 0.4) is 0 Å². The molecule has 2 rings (SSSR count). The van der Waals surface area contributed by atoms with Gasteiger partial charge in [0.25, 0.3) is 0 Å². The van der Waals surface area contributed by atoms with Gasteiger partial charge in [-0.05, 0) is 50.5 Å². The molecule has 0 spiro atoms. The normalized spacial score (nSPS) is 38.2. The van der Waals surface area contributed by atoms with Crippen molar-refractivity contribution in [2.24, 2.45) is 17.3 Å². The number of rotatable bonds is 2. The van der Waals surface area contributed by atoms with Crippen molar-refractivity contribution in [1.82, 2.24) is 0 Å². The van der Waals surface area contributed by atoms with Crippen LogP contribution in [0.1, 0.15) is 40.0 Å². The monoisotopic (exact) mass is 204 g/mol. The molecule has 0 aliphatic heterocycles. The van der Waals surface area contributed by atoms with Crippen LogP contribution in [0.15, 0.2) is 23.8 Å². The Balaban J connectivity index is 2.15. The van der Waals surface area contributed by atoms with Gasteiger partial charge in [0.2, 0.25) is 0 Å². The zero-order valence-electron chi connectivity index (χ0n) is 9.92. The molecule has 3 unspecified atom stereocenters. The van der Waals surface area contributed by atoms with Crippen LogP contribution in [0.5, 0.6) is 0 Å². The first kappa shape index (κ1) is 10.7. The lowest BCUT2D eigenvalue weighted by atomic mass is 9.76. The maximum Gasteiger partial charge on any atom is 0.158 e. The Morgan fingerprint density at radius 2 is 2.33 bits per heavy atom. The molecule has 0 aromatic rings. The molecular formula is C14H20O. The zero-order valence-corrected chi connectivity index (χ0v) is 9.92. The van der Waals surface area contributed by atoms with Crippen molar-refractivity contribution in [3.63, 3.8) is 0 Å². The van der Waals surface area contributed by atoms with Crippen LogP contribution in [0.2, 0.25) is 0 Å². The molecule has 0 N–H and O–H groups in total. The third-order valence-corrected chi connectivity index (χ3v) is 4.02. The Bertz CT molecular complexity index is 333. The lowest BCUT2D eigenvalue weighted by molar-refractivity contribution is -0.118. The molecule has 0 amide bonds. The Kier molecular flexibility index (Phi) is 2.57. The van der Waals surface area contributed by atoms with Crippen molar-refractivity contribution in [2.75, 3.05) is 0 Å².